The predicted molar refractivity (Wildman–Crippen MR) is 110 cm³/mol. The molecule has 2 aromatic heterocycles. The topological polar surface area (TPSA) is 77.6 Å². The van der Waals surface area contributed by atoms with Crippen LogP contribution in [0.1, 0.15) is 51.4 Å². The summed E-state index contributed by atoms with van der Waals surface area (Å²) < 4.78 is 3.71. The standard InChI is InChI=1S/C20H24N6OS/c1-13(2)25-17(11-12-21-25)22-19(27)14(3)28-20-23-18(15-9-10-15)26(24-20)16-7-5-4-6-8-16/h4-8,11-15H,9-10H2,1-3H3,(H,22,27)/t14-/m0/s1. The highest BCUT2D eigenvalue weighted by molar-refractivity contribution is 8.00. The normalized spacial score (nSPS) is 15.0. The predicted octanol–water partition coefficient (Wildman–Crippen LogP) is 4.04. The van der Waals surface area contributed by atoms with Crippen LogP contribution in [0, 0.1) is 0 Å². The quantitative estimate of drug-likeness (QED) is 0.610. The molecule has 0 radical (unpaired) electrons. The summed E-state index contributed by atoms with van der Waals surface area (Å²) in [6.45, 7) is 5.93. The molecule has 0 saturated heterocycles. The molecule has 0 bridgehead atoms. The van der Waals surface area contributed by atoms with Crippen molar-refractivity contribution in [1.82, 2.24) is 24.5 Å². The Hall–Kier alpha value is -2.61. The van der Waals surface area contributed by atoms with Gasteiger partial charge in [-0.05, 0) is 45.7 Å². The third-order valence-electron chi connectivity index (χ3n) is 4.62. The Labute approximate surface area is 168 Å². The number of rotatable bonds is 7. The van der Waals surface area contributed by atoms with Crippen molar-refractivity contribution in [3.8, 4) is 5.69 Å². The summed E-state index contributed by atoms with van der Waals surface area (Å²) in [6.07, 6.45) is 3.98. The first-order chi connectivity index (χ1) is 13.5. The van der Waals surface area contributed by atoms with E-state index in [0.29, 0.717) is 16.9 Å². The van der Waals surface area contributed by atoms with Gasteiger partial charge in [-0.1, -0.05) is 30.0 Å². The van der Waals surface area contributed by atoms with Crippen molar-refractivity contribution >= 4 is 23.5 Å². The first kappa shape index (κ1) is 18.7. The second-order valence-corrected chi connectivity index (χ2v) is 8.59. The van der Waals surface area contributed by atoms with E-state index in [1.807, 2.05) is 61.9 Å². The number of hydrogen-bond acceptors (Lipinski definition) is 5. The first-order valence-electron chi connectivity index (χ1n) is 9.56. The number of amides is 1. The molecule has 1 amide bonds. The van der Waals surface area contributed by atoms with E-state index in [2.05, 4.69) is 15.5 Å². The zero-order valence-corrected chi connectivity index (χ0v) is 17.1. The molecule has 1 N–H and O–H groups in total. The van der Waals surface area contributed by atoms with E-state index in [9.17, 15) is 4.79 Å². The number of carbonyl (C=O) groups excluding carboxylic acids is 1. The van der Waals surface area contributed by atoms with Gasteiger partial charge in [0.1, 0.15) is 11.6 Å². The van der Waals surface area contributed by atoms with Gasteiger partial charge < -0.3 is 5.32 Å². The van der Waals surface area contributed by atoms with Gasteiger partial charge in [-0.2, -0.15) is 5.10 Å². The van der Waals surface area contributed by atoms with E-state index in [4.69, 9.17) is 4.98 Å². The molecule has 4 rings (SSSR count). The van der Waals surface area contributed by atoms with E-state index < -0.39 is 0 Å². The van der Waals surface area contributed by atoms with Gasteiger partial charge in [-0.25, -0.2) is 14.3 Å². The molecule has 0 unspecified atom stereocenters. The summed E-state index contributed by atoms with van der Waals surface area (Å²) in [5.41, 5.74) is 1.00. The van der Waals surface area contributed by atoms with Gasteiger partial charge >= 0.3 is 0 Å². The van der Waals surface area contributed by atoms with Crippen molar-refractivity contribution in [1.29, 1.82) is 0 Å². The molecule has 2 heterocycles. The second kappa shape index (κ2) is 7.79. The van der Waals surface area contributed by atoms with Gasteiger partial charge in [0.2, 0.25) is 11.1 Å². The van der Waals surface area contributed by atoms with E-state index in [1.54, 1.807) is 10.9 Å². The van der Waals surface area contributed by atoms with E-state index in [-0.39, 0.29) is 17.2 Å². The Morgan fingerprint density at radius 1 is 1.18 bits per heavy atom. The number of hydrogen-bond donors (Lipinski definition) is 1. The first-order valence-corrected chi connectivity index (χ1v) is 10.4. The average molecular weight is 397 g/mol. The molecule has 1 aliphatic rings. The SMILES string of the molecule is CC(C)n1nccc1NC(=O)[C@H](C)Sc1nc(C2CC2)n(-c2ccccc2)n1. The van der Waals surface area contributed by atoms with Crippen molar-refractivity contribution in [2.75, 3.05) is 5.32 Å². The molecule has 1 atom stereocenters. The molecule has 1 aromatic carbocycles. The molecule has 0 aliphatic heterocycles. The Morgan fingerprint density at radius 3 is 2.61 bits per heavy atom. The van der Waals surface area contributed by atoms with Gasteiger partial charge in [0.05, 0.1) is 17.1 Å². The lowest BCUT2D eigenvalue weighted by Crippen LogP contribution is -2.24. The molecule has 3 aromatic rings. The summed E-state index contributed by atoms with van der Waals surface area (Å²) in [5.74, 6) is 2.07. The molecule has 28 heavy (non-hydrogen) atoms. The number of benzene rings is 1. The lowest BCUT2D eigenvalue weighted by Gasteiger charge is -2.14. The maximum atomic E-state index is 12.7. The van der Waals surface area contributed by atoms with Crippen LogP contribution >= 0.6 is 11.8 Å². The minimum absolute atomic E-state index is 0.0866. The van der Waals surface area contributed by atoms with Gasteiger partial charge in [0.15, 0.2) is 0 Å². The van der Waals surface area contributed by atoms with Crippen molar-refractivity contribution in [2.24, 2.45) is 0 Å². The fraction of sp³-hybridized carbons (Fsp3) is 0.400. The highest BCUT2D eigenvalue weighted by Gasteiger charge is 2.31. The molecule has 1 fully saturated rings. The average Bonchev–Trinajstić information content (AvgIpc) is 3.28. The lowest BCUT2D eigenvalue weighted by atomic mass is 10.3. The maximum Gasteiger partial charge on any atom is 0.238 e. The lowest BCUT2D eigenvalue weighted by molar-refractivity contribution is -0.115. The number of aromatic nitrogens is 5. The van der Waals surface area contributed by atoms with Crippen molar-refractivity contribution in [3.05, 3.63) is 48.4 Å². The molecular weight excluding hydrogens is 372 g/mol. The summed E-state index contributed by atoms with van der Waals surface area (Å²) >= 11 is 1.38. The Kier molecular flexibility index (Phi) is 5.21. The Morgan fingerprint density at radius 2 is 1.93 bits per heavy atom. The molecule has 8 heteroatoms. The van der Waals surface area contributed by atoms with Crippen LogP contribution in [0.3, 0.4) is 0 Å². The molecule has 7 nitrogen and oxygen atoms in total. The molecule has 0 spiro atoms. The van der Waals surface area contributed by atoms with Crippen LogP contribution in [-0.4, -0.2) is 35.7 Å². The minimum atomic E-state index is -0.325. The van der Waals surface area contributed by atoms with E-state index in [0.717, 1.165) is 24.4 Å². The monoisotopic (exact) mass is 396 g/mol. The van der Waals surface area contributed by atoms with Crippen LogP contribution in [0.2, 0.25) is 0 Å². The number of anilines is 1. The number of carbonyl (C=O) groups is 1. The zero-order valence-electron chi connectivity index (χ0n) is 16.2. The van der Waals surface area contributed by atoms with Crippen molar-refractivity contribution in [3.63, 3.8) is 0 Å². The molecule has 1 aliphatic carbocycles. The van der Waals surface area contributed by atoms with Crippen LogP contribution in [0.5, 0.6) is 0 Å². The number of nitrogens with zero attached hydrogens (tertiary/aromatic N) is 5. The summed E-state index contributed by atoms with van der Waals surface area (Å²) in [4.78, 5) is 17.4. The summed E-state index contributed by atoms with van der Waals surface area (Å²) in [7, 11) is 0. The van der Waals surface area contributed by atoms with Crippen molar-refractivity contribution < 1.29 is 4.79 Å². The molecule has 146 valence electrons. The van der Waals surface area contributed by atoms with Gasteiger partial charge in [-0.3, -0.25) is 4.79 Å². The summed E-state index contributed by atoms with van der Waals surface area (Å²) in [5, 5.41) is 12.2. The Bertz CT molecular complexity index is 960. The maximum absolute atomic E-state index is 12.7. The van der Waals surface area contributed by atoms with Crippen LogP contribution in [-0.2, 0) is 4.79 Å². The highest BCUT2D eigenvalue weighted by atomic mass is 32.2. The largest absolute Gasteiger partial charge is 0.310 e. The van der Waals surface area contributed by atoms with Crippen LogP contribution in [0.25, 0.3) is 5.69 Å². The van der Waals surface area contributed by atoms with E-state index in [1.165, 1.54) is 11.8 Å². The number of thioether (sulfide) groups is 1. The number of nitrogens with one attached hydrogen (secondary N) is 1. The fourth-order valence-corrected chi connectivity index (χ4v) is 3.74. The van der Waals surface area contributed by atoms with Gasteiger partial charge in [0.25, 0.3) is 0 Å². The second-order valence-electron chi connectivity index (χ2n) is 7.28. The van der Waals surface area contributed by atoms with E-state index >= 15 is 0 Å². The van der Waals surface area contributed by atoms with Crippen LogP contribution in [0.15, 0.2) is 47.8 Å². The van der Waals surface area contributed by atoms with Crippen molar-refractivity contribution in [2.45, 2.75) is 56.0 Å². The Balaban J connectivity index is 1.49. The van der Waals surface area contributed by atoms with Gasteiger partial charge in [-0.15, -0.1) is 5.10 Å². The zero-order chi connectivity index (χ0) is 19.7. The minimum Gasteiger partial charge on any atom is -0.310 e. The smallest absolute Gasteiger partial charge is 0.238 e. The fourth-order valence-electron chi connectivity index (χ4n) is 2.98. The molecule has 1 saturated carbocycles. The molecular formula is C20H24N6OS. The summed E-state index contributed by atoms with van der Waals surface area (Å²) in [6, 6.07) is 12.0. The van der Waals surface area contributed by atoms with Gasteiger partial charge in [0, 0.05) is 18.0 Å². The van der Waals surface area contributed by atoms with Crippen LogP contribution in [0.4, 0.5) is 5.82 Å². The third kappa shape index (κ3) is 3.96. The number of para-hydroxylation sites is 1. The van der Waals surface area contributed by atoms with Crippen LogP contribution < -0.4 is 5.32 Å². The highest BCUT2D eigenvalue weighted by Crippen LogP contribution is 2.40. The third-order valence-corrected chi connectivity index (χ3v) is 5.57.